The molecule has 0 saturated carbocycles. The van der Waals surface area contributed by atoms with Crippen LogP contribution < -0.4 is 10.2 Å². The molecule has 0 spiro atoms. The van der Waals surface area contributed by atoms with Gasteiger partial charge in [-0.3, -0.25) is 9.69 Å². The third-order valence-corrected chi connectivity index (χ3v) is 5.96. The zero-order valence-electron chi connectivity index (χ0n) is 17.5. The van der Waals surface area contributed by atoms with Gasteiger partial charge in [0.1, 0.15) is 5.52 Å². The van der Waals surface area contributed by atoms with Gasteiger partial charge in [-0.05, 0) is 67.4 Å². The van der Waals surface area contributed by atoms with Gasteiger partial charge in [0.25, 0.3) is 5.91 Å². The number of amides is 1. The molecule has 1 amide bonds. The van der Waals surface area contributed by atoms with Gasteiger partial charge in [0.05, 0.1) is 16.8 Å². The Balaban J connectivity index is 1.49. The van der Waals surface area contributed by atoms with E-state index in [-0.39, 0.29) is 11.9 Å². The van der Waals surface area contributed by atoms with E-state index in [0.717, 1.165) is 18.7 Å². The molecule has 1 N–H and O–H groups in total. The Bertz CT molecular complexity index is 1260. The van der Waals surface area contributed by atoms with Crippen LogP contribution in [0.2, 0.25) is 5.02 Å². The van der Waals surface area contributed by atoms with Gasteiger partial charge < -0.3 is 5.32 Å². The van der Waals surface area contributed by atoms with Crippen LogP contribution in [0.3, 0.4) is 0 Å². The molecule has 0 aliphatic carbocycles. The fraction of sp³-hybridized carbons (Fsp3) is 0.261. The van der Waals surface area contributed by atoms with E-state index in [4.69, 9.17) is 11.6 Å². The molecule has 4 heterocycles. The SMILES string of the molecule is C[C@H]1CNC[C@H](N(C(=O)c2ccc(-n3nnc4cccnc43)cc2)c2ncccc2Cl)C1. The third kappa shape index (κ3) is 3.83. The first-order valence-electron chi connectivity index (χ1n) is 10.5. The summed E-state index contributed by atoms with van der Waals surface area (Å²) in [5, 5.41) is 12.2. The van der Waals surface area contributed by atoms with Crippen molar-refractivity contribution < 1.29 is 4.79 Å². The first-order valence-corrected chi connectivity index (χ1v) is 10.9. The number of piperidine rings is 1. The lowest BCUT2D eigenvalue weighted by Gasteiger charge is -2.36. The van der Waals surface area contributed by atoms with Gasteiger partial charge in [-0.25, -0.2) is 9.97 Å². The van der Waals surface area contributed by atoms with Gasteiger partial charge in [0.2, 0.25) is 0 Å². The van der Waals surface area contributed by atoms with Crippen molar-refractivity contribution in [1.82, 2.24) is 30.3 Å². The molecular formula is C23H22ClN7O. The van der Waals surface area contributed by atoms with Crippen LogP contribution in [0.5, 0.6) is 0 Å². The Morgan fingerprint density at radius 3 is 2.66 bits per heavy atom. The van der Waals surface area contributed by atoms with Gasteiger partial charge in [-0.2, -0.15) is 4.68 Å². The van der Waals surface area contributed by atoms with Crippen LogP contribution in [0, 0.1) is 5.92 Å². The topological polar surface area (TPSA) is 88.8 Å². The maximum atomic E-state index is 13.7. The molecule has 4 aromatic rings. The van der Waals surface area contributed by atoms with Gasteiger partial charge in [0, 0.05) is 24.5 Å². The Morgan fingerprint density at radius 1 is 1.09 bits per heavy atom. The lowest BCUT2D eigenvalue weighted by atomic mass is 9.95. The van der Waals surface area contributed by atoms with E-state index in [9.17, 15) is 4.79 Å². The fourth-order valence-corrected chi connectivity index (χ4v) is 4.35. The number of rotatable bonds is 4. The maximum Gasteiger partial charge on any atom is 0.259 e. The van der Waals surface area contributed by atoms with Crippen molar-refractivity contribution in [2.45, 2.75) is 19.4 Å². The molecule has 1 aliphatic heterocycles. The van der Waals surface area contributed by atoms with Crippen molar-refractivity contribution in [2.24, 2.45) is 5.92 Å². The van der Waals surface area contributed by atoms with Crippen LogP contribution in [0.25, 0.3) is 16.9 Å². The van der Waals surface area contributed by atoms with Gasteiger partial charge in [0.15, 0.2) is 11.5 Å². The number of anilines is 1. The van der Waals surface area contributed by atoms with Crippen LogP contribution in [0.15, 0.2) is 60.9 Å². The monoisotopic (exact) mass is 447 g/mol. The van der Waals surface area contributed by atoms with Crippen LogP contribution in [-0.4, -0.2) is 50.0 Å². The fourth-order valence-electron chi connectivity index (χ4n) is 4.14. The van der Waals surface area contributed by atoms with Crippen molar-refractivity contribution in [1.29, 1.82) is 0 Å². The van der Waals surface area contributed by atoms with E-state index >= 15 is 0 Å². The van der Waals surface area contributed by atoms with E-state index in [1.807, 2.05) is 24.3 Å². The number of benzene rings is 1. The predicted molar refractivity (Wildman–Crippen MR) is 123 cm³/mol. The van der Waals surface area contributed by atoms with Crippen molar-refractivity contribution >= 4 is 34.5 Å². The molecule has 9 heteroatoms. The van der Waals surface area contributed by atoms with Crippen molar-refractivity contribution in [2.75, 3.05) is 18.0 Å². The average Bonchev–Trinajstić information content (AvgIpc) is 3.25. The summed E-state index contributed by atoms with van der Waals surface area (Å²) in [4.78, 5) is 24.2. The number of aromatic nitrogens is 5. The third-order valence-electron chi connectivity index (χ3n) is 5.67. The Morgan fingerprint density at radius 2 is 1.88 bits per heavy atom. The Hall–Kier alpha value is -3.36. The molecule has 162 valence electrons. The first kappa shape index (κ1) is 20.5. The quantitative estimate of drug-likeness (QED) is 0.515. The summed E-state index contributed by atoms with van der Waals surface area (Å²) in [5.74, 6) is 0.789. The van der Waals surface area contributed by atoms with E-state index in [2.05, 4.69) is 32.5 Å². The van der Waals surface area contributed by atoms with E-state index < -0.39 is 0 Å². The lowest BCUT2D eigenvalue weighted by molar-refractivity contribution is 0.0968. The van der Waals surface area contributed by atoms with Crippen LogP contribution in [0.4, 0.5) is 5.82 Å². The number of fused-ring (bicyclic) bond motifs is 1. The molecule has 0 radical (unpaired) electrons. The molecule has 1 saturated heterocycles. The van der Waals surface area contributed by atoms with Crippen LogP contribution in [-0.2, 0) is 0 Å². The molecule has 3 aromatic heterocycles. The number of carbonyl (C=O) groups is 1. The smallest absolute Gasteiger partial charge is 0.259 e. The van der Waals surface area contributed by atoms with Crippen molar-refractivity contribution in [3.63, 3.8) is 0 Å². The largest absolute Gasteiger partial charge is 0.314 e. The standard InChI is InChI=1S/C23H22ClN7O/c1-15-12-18(14-25-13-15)30(21-19(24)4-2-10-26-21)23(32)16-6-8-17(9-7-16)31-22-20(28-29-31)5-3-11-27-22/h2-11,15,18,25H,12-14H2,1H3/t15-,18-/m1/s1. The maximum absolute atomic E-state index is 13.7. The molecule has 32 heavy (non-hydrogen) atoms. The molecule has 1 aromatic carbocycles. The number of pyridine rings is 2. The van der Waals surface area contributed by atoms with Gasteiger partial charge in [-0.15, -0.1) is 5.10 Å². The molecule has 0 unspecified atom stereocenters. The summed E-state index contributed by atoms with van der Waals surface area (Å²) in [5.41, 5.74) is 2.70. The molecular weight excluding hydrogens is 426 g/mol. The lowest BCUT2D eigenvalue weighted by Crippen LogP contribution is -2.51. The number of hydrogen-bond donors (Lipinski definition) is 1. The molecule has 8 nitrogen and oxygen atoms in total. The molecule has 1 fully saturated rings. The van der Waals surface area contributed by atoms with Crippen LogP contribution >= 0.6 is 11.6 Å². The minimum absolute atomic E-state index is 0.0400. The molecule has 0 bridgehead atoms. The number of nitrogens with one attached hydrogen (secondary N) is 1. The number of halogens is 1. The summed E-state index contributed by atoms with van der Waals surface area (Å²) < 4.78 is 1.66. The summed E-state index contributed by atoms with van der Waals surface area (Å²) >= 11 is 6.45. The minimum atomic E-state index is -0.139. The molecule has 2 atom stereocenters. The highest BCUT2D eigenvalue weighted by Crippen LogP contribution is 2.29. The minimum Gasteiger partial charge on any atom is -0.314 e. The summed E-state index contributed by atoms with van der Waals surface area (Å²) in [7, 11) is 0. The first-order chi connectivity index (χ1) is 15.6. The Kier molecular flexibility index (Phi) is 5.55. The number of carbonyl (C=O) groups excluding carboxylic acids is 1. The number of nitrogens with zero attached hydrogens (tertiary/aromatic N) is 6. The molecule has 5 rings (SSSR count). The van der Waals surface area contributed by atoms with Crippen molar-refractivity contribution in [3.05, 3.63) is 71.5 Å². The highest BCUT2D eigenvalue weighted by molar-refractivity contribution is 6.33. The zero-order chi connectivity index (χ0) is 22.1. The zero-order valence-corrected chi connectivity index (χ0v) is 18.3. The summed E-state index contributed by atoms with van der Waals surface area (Å²) in [6.45, 7) is 3.80. The van der Waals surface area contributed by atoms with Gasteiger partial charge >= 0.3 is 0 Å². The highest BCUT2D eigenvalue weighted by Gasteiger charge is 2.32. The second kappa shape index (κ2) is 8.64. The summed E-state index contributed by atoms with van der Waals surface area (Å²) in [6.07, 6.45) is 4.24. The van der Waals surface area contributed by atoms with Crippen LogP contribution in [0.1, 0.15) is 23.7 Å². The summed E-state index contributed by atoms with van der Waals surface area (Å²) in [6, 6.07) is 14.4. The average molecular weight is 448 g/mol. The number of hydrogen-bond acceptors (Lipinski definition) is 6. The van der Waals surface area contributed by atoms with Crippen molar-refractivity contribution in [3.8, 4) is 5.69 Å². The normalized spacial score (nSPS) is 18.6. The van der Waals surface area contributed by atoms with E-state index in [1.54, 1.807) is 46.2 Å². The Labute approximate surface area is 190 Å². The predicted octanol–water partition coefficient (Wildman–Crippen LogP) is 3.51. The van der Waals surface area contributed by atoms with Gasteiger partial charge in [-0.1, -0.05) is 23.7 Å². The molecule has 1 aliphatic rings. The van der Waals surface area contributed by atoms with E-state index in [0.29, 0.717) is 40.0 Å². The van der Waals surface area contributed by atoms with E-state index in [1.165, 1.54) is 0 Å². The highest BCUT2D eigenvalue weighted by atomic mass is 35.5. The second-order valence-corrected chi connectivity index (χ2v) is 8.44. The second-order valence-electron chi connectivity index (χ2n) is 8.03.